The molecule has 1 fully saturated rings. The quantitative estimate of drug-likeness (QED) is 0.747. The van der Waals surface area contributed by atoms with E-state index in [1.54, 1.807) is 19.2 Å². The molecular formula is C14H18N2O5. The van der Waals surface area contributed by atoms with E-state index in [4.69, 9.17) is 9.84 Å². The molecule has 0 saturated carbocycles. The number of aliphatic hydroxyl groups is 1. The Kier molecular flexibility index (Phi) is 4.64. The molecule has 0 spiro atoms. The number of carboxylic acids is 1. The zero-order valence-electron chi connectivity index (χ0n) is 11.7. The Hall–Kier alpha value is -2.28. The van der Waals surface area contributed by atoms with Gasteiger partial charge in [0.2, 0.25) is 0 Å². The van der Waals surface area contributed by atoms with E-state index < -0.39 is 24.1 Å². The van der Waals surface area contributed by atoms with E-state index in [-0.39, 0.29) is 19.5 Å². The maximum Gasteiger partial charge on any atom is 0.326 e. The average molecular weight is 294 g/mol. The van der Waals surface area contributed by atoms with E-state index in [0.717, 1.165) is 16.2 Å². The molecular weight excluding hydrogens is 276 g/mol. The summed E-state index contributed by atoms with van der Waals surface area (Å²) in [5, 5.41) is 21.2. The zero-order valence-corrected chi connectivity index (χ0v) is 11.7. The Bertz CT molecular complexity index is 517. The van der Waals surface area contributed by atoms with E-state index in [2.05, 4.69) is 5.32 Å². The highest BCUT2D eigenvalue weighted by Gasteiger charge is 2.38. The Balaban J connectivity index is 1.92. The Labute approximate surface area is 122 Å². The van der Waals surface area contributed by atoms with Crippen molar-refractivity contribution in [3.8, 4) is 5.75 Å². The van der Waals surface area contributed by atoms with Crippen LogP contribution in [0, 0.1) is 0 Å². The van der Waals surface area contributed by atoms with Gasteiger partial charge in [0.25, 0.3) is 0 Å². The van der Waals surface area contributed by atoms with Crippen LogP contribution in [0.5, 0.6) is 5.75 Å². The molecule has 2 rings (SSSR count). The molecule has 7 heteroatoms. The number of nitrogens with zero attached hydrogens (tertiary/aromatic N) is 1. The predicted molar refractivity (Wildman–Crippen MR) is 74.0 cm³/mol. The van der Waals surface area contributed by atoms with Crippen LogP contribution in [0.3, 0.4) is 0 Å². The summed E-state index contributed by atoms with van der Waals surface area (Å²) in [6, 6.07) is 5.72. The SMILES string of the molecule is COc1ccc(CNC(=O)N2C[C@H](O)C[C@H]2C(=O)O)cc1. The lowest BCUT2D eigenvalue weighted by Gasteiger charge is -2.21. The molecule has 0 aliphatic carbocycles. The number of aliphatic carboxylic acids is 1. The summed E-state index contributed by atoms with van der Waals surface area (Å²) in [4.78, 5) is 24.2. The van der Waals surface area contributed by atoms with Gasteiger partial charge in [-0.2, -0.15) is 0 Å². The second kappa shape index (κ2) is 6.45. The van der Waals surface area contributed by atoms with Crippen LogP contribution in [0.1, 0.15) is 12.0 Å². The largest absolute Gasteiger partial charge is 0.497 e. The maximum absolute atomic E-state index is 12.0. The van der Waals surface area contributed by atoms with Gasteiger partial charge in [0, 0.05) is 19.5 Å². The first-order chi connectivity index (χ1) is 10.0. The van der Waals surface area contributed by atoms with E-state index >= 15 is 0 Å². The van der Waals surface area contributed by atoms with Crippen molar-refractivity contribution in [2.75, 3.05) is 13.7 Å². The van der Waals surface area contributed by atoms with Crippen LogP contribution in [-0.4, -0.2) is 52.9 Å². The van der Waals surface area contributed by atoms with Gasteiger partial charge in [-0.3, -0.25) is 0 Å². The molecule has 1 aromatic rings. The number of carboxylic acid groups (broad SMARTS) is 1. The highest BCUT2D eigenvalue weighted by molar-refractivity contribution is 5.83. The minimum Gasteiger partial charge on any atom is -0.497 e. The number of hydrogen-bond donors (Lipinski definition) is 3. The van der Waals surface area contributed by atoms with Gasteiger partial charge < -0.3 is 25.2 Å². The lowest BCUT2D eigenvalue weighted by molar-refractivity contribution is -0.141. The normalized spacial score (nSPS) is 21.1. The fraction of sp³-hybridized carbons (Fsp3) is 0.429. The minimum absolute atomic E-state index is 0.0331. The van der Waals surface area contributed by atoms with Crippen LogP contribution in [0.2, 0.25) is 0 Å². The van der Waals surface area contributed by atoms with Crippen molar-refractivity contribution in [1.29, 1.82) is 0 Å². The van der Waals surface area contributed by atoms with Crippen molar-refractivity contribution < 1.29 is 24.5 Å². The van der Waals surface area contributed by atoms with Crippen molar-refractivity contribution in [2.24, 2.45) is 0 Å². The number of amides is 2. The van der Waals surface area contributed by atoms with E-state index in [9.17, 15) is 14.7 Å². The smallest absolute Gasteiger partial charge is 0.326 e. The summed E-state index contributed by atoms with van der Waals surface area (Å²) >= 11 is 0. The first-order valence-electron chi connectivity index (χ1n) is 6.59. The number of methoxy groups -OCH3 is 1. The van der Waals surface area contributed by atoms with Crippen LogP contribution in [0.4, 0.5) is 4.79 Å². The summed E-state index contributed by atoms with van der Waals surface area (Å²) in [7, 11) is 1.57. The van der Waals surface area contributed by atoms with Gasteiger partial charge in [0.1, 0.15) is 11.8 Å². The number of aliphatic hydroxyl groups excluding tert-OH is 1. The van der Waals surface area contributed by atoms with Crippen LogP contribution < -0.4 is 10.1 Å². The van der Waals surface area contributed by atoms with Crippen LogP contribution in [-0.2, 0) is 11.3 Å². The lowest BCUT2D eigenvalue weighted by atomic mass is 10.2. The van der Waals surface area contributed by atoms with Gasteiger partial charge in [-0.15, -0.1) is 0 Å². The average Bonchev–Trinajstić information content (AvgIpc) is 2.87. The van der Waals surface area contributed by atoms with Gasteiger partial charge in [-0.05, 0) is 17.7 Å². The number of urea groups is 1. The fourth-order valence-corrected chi connectivity index (χ4v) is 2.29. The van der Waals surface area contributed by atoms with Gasteiger partial charge in [-0.1, -0.05) is 12.1 Å². The standard InChI is InChI=1S/C14H18N2O5/c1-21-11-4-2-9(3-5-11)7-15-14(20)16-8-10(17)6-12(16)13(18)19/h2-5,10,12,17H,6-8H2,1H3,(H,15,20)(H,18,19)/t10-,12+/m1/s1. The molecule has 1 saturated heterocycles. The Morgan fingerprint density at radius 2 is 2.05 bits per heavy atom. The topological polar surface area (TPSA) is 99.1 Å². The molecule has 1 aromatic carbocycles. The van der Waals surface area contributed by atoms with Crippen LogP contribution in [0.25, 0.3) is 0 Å². The third-order valence-electron chi connectivity index (χ3n) is 3.43. The number of likely N-dealkylation sites (tertiary alicyclic amines) is 1. The molecule has 21 heavy (non-hydrogen) atoms. The molecule has 2 atom stereocenters. The Morgan fingerprint density at radius 3 is 2.62 bits per heavy atom. The van der Waals surface area contributed by atoms with Crippen molar-refractivity contribution >= 4 is 12.0 Å². The molecule has 1 heterocycles. The predicted octanol–water partition coefficient (Wildman–Crippen LogP) is 0.425. The Morgan fingerprint density at radius 1 is 1.38 bits per heavy atom. The number of rotatable bonds is 4. The van der Waals surface area contributed by atoms with Gasteiger partial charge >= 0.3 is 12.0 Å². The fourth-order valence-electron chi connectivity index (χ4n) is 2.29. The molecule has 7 nitrogen and oxygen atoms in total. The number of ether oxygens (including phenoxy) is 1. The molecule has 0 aromatic heterocycles. The van der Waals surface area contributed by atoms with E-state index in [0.29, 0.717) is 0 Å². The molecule has 0 unspecified atom stereocenters. The number of carbonyl (C=O) groups excluding carboxylic acids is 1. The molecule has 1 aliphatic heterocycles. The molecule has 1 aliphatic rings. The van der Waals surface area contributed by atoms with Crippen LogP contribution >= 0.6 is 0 Å². The van der Waals surface area contributed by atoms with Gasteiger partial charge in [0.15, 0.2) is 0 Å². The zero-order chi connectivity index (χ0) is 15.4. The summed E-state index contributed by atoms with van der Waals surface area (Å²) < 4.78 is 5.04. The lowest BCUT2D eigenvalue weighted by Crippen LogP contribution is -2.45. The van der Waals surface area contributed by atoms with Gasteiger partial charge in [0.05, 0.1) is 13.2 Å². The molecule has 0 bridgehead atoms. The number of benzene rings is 1. The molecule has 2 amide bonds. The van der Waals surface area contributed by atoms with Gasteiger partial charge in [-0.25, -0.2) is 9.59 Å². The first kappa shape index (κ1) is 15.1. The monoisotopic (exact) mass is 294 g/mol. The van der Waals surface area contributed by atoms with Crippen molar-refractivity contribution in [3.63, 3.8) is 0 Å². The number of β-amino-alcohol motifs (C(OH)–C–C–N with tert-alkyl or cyclic N) is 1. The molecule has 3 N–H and O–H groups in total. The second-order valence-corrected chi connectivity index (χ2v) is 4.90. The number of nitrogens with one attached hydrogen (secondary N) is 1. The van der Waals surface area contributed by atoms with Crippen LogP contribution in [0.15, 0.2) is 24.3 Å². The number of hydrogen-bond acceptors (Lipinski definition) is 4. The third kappa shape index (κ3) is 3.63. The summed E-state index contributed by atoms with van der Waals surface area (Å²) in [6.45, 7) is 0.313. The summed E-state index contributed by atoms with van der Waals surface area (Å²) in [5.74, 6) is -0.384. The highest BCUT2D eigenvalue weighted by Crippen LogP contribution is 2.18. The number of carbonyl (C=O) groups is 2. The van der Waals surface area contributed by atoms with Crippen molar-refractivity contribution in [3.05, 3.63) is 29.8 Å². The minimum atomic E-state index is -1.11. The van der Waals surface area contributed by atoms with Crippen molar-refractivity contribution in [1.82, 2.24) is 10.2 Å². The third-order valence-corrected chi connectivity index (χ3v) is 3.43. The second-order valence-electron chi connectivity index (χ2n) is 4.90. The molecule has 0 radical (unpaired) electrons. The summed E-state index contributed by atoms with van der Waals surface area (Å²) in [5.41, 5.74) is 0.871. The summed E-state index contributed by atoms with van der Waals surface area (Å²) in [6.07, 6.45) is -0.733. The van der Waals surface area contributed by atoms with E-state index in [1.165, 1.54) is 0 Å². The maximum atomic E-state index is 12.0. The molecule has 114 valence electrons. The van der Waals surface area contributed by atoms with E-state index in [1.807, 2.05) is 12.1 Å². The van der Waals surface area contributed by atoms with Crippen molar-refractivity contribution in [2.45, 2.75) is 25.1 Å². The highest BCUT2D eigenvalue weighted by atomic mass is 16.5. The first-order valence-corrected chi connectivity index (χ1v) is 6.59.